The molecule has 19 heavy (non-hydrogen) atoms. The Morgan fingerprint density at radius 3 is 2.74 bits per heavy atom. The van der Waals surface area contributed by atoms with Gasteiger partial charge in [-0.25, -0.2) is 0 Å². The van der Waals surface area contributed by atoms with E-state index >= 15 is 0 Å². The van der Waals surface area contributed by atoms with Gasteiger partial charge < -0.3 is 4.74 Å². The molecular weight excluding hydrogens is 252 g/mol. The van der Waals surface area contributed by atoms with Crippen molar-refractivity contribution in [3.63, 3.8) is 0 Å². The first-order valence-electron chi connectivity index (χ1n) is 5.30. The number of ether oxygens (including phenoxy) is 1. The lowest BCUT2D eigenvalue weighted by atomic mass is 10.1. The van der Waals surface area contributed by atoms with Gasteiger partial charge >= 0.3 is 6.01 Å². The third-order valence-electron chi connectivity index (χ3n) is 2.33. The van der Waals surface area contributed by atoms with Gasteiger partial charge in [-0.3, -0.25) is 19.6 Å². The van der Waals surface area contributed by atoms with Crippen LogP contribution in [0.5, 0.6) is 11.8 Å². The van der Waals surface area contributed by atoms with Crippen LogP contribution in [-0.4, -0.2) is 25.5 Å². The first-order chi connectivity index (χ1) is 8.97. The fraction of sp³-hybridized carbons (Fsp3) is 0.182. The second-order valence-corrected chi connectivity index (χ2v) is 3.80. The number of benzene rings is 1. The van der Waals surface area contributed by atoms with E-state index in [1.165, 1.54) is 36.1 Å². The number of nitrogens with zero attached hydrogens (tertiary/aromatic N) is 4. The normalized spacial score (nSPS) is 10.2. The molecular formula is C11H10N4O4. The SMILES string of the molecule is CC(=O)c1cc([N+](=O)[O-])ccc1Oc1ncn(C)n1. The smallest absolute Gasteiger partial charge is 0.341 e. The quantitative estimate of drug-likeness (QED) is 0.472. The highest BCUT2D eigenvalue weighted by atomic mass is 16.6. The third kappa shape index (κ3) is 2.73. The maximum atomic E-state index is 11.5. The summed E-state index contributed by atoms with van der Waals surface area (Å²) < 4.78 is 6.78. The number of aromatic nitrogens is 3. The van der Waals surface area contributed by atoms with Crippen LogP contribution in [0.25, 0.3) is 0 Å². The topological polar surface area (TPSA) is 100 Å². The first-order valence-corrected chi connectivity index (χ1v) is 5.30. The van der Waals surface area contributed by atoms with Crippen LogP contribution in [0, 0.1) is 10.1 Å². The Bertz CT molecular complexity index is 650. The second-order valence-electron chi connectivity index (χ2n) is 3.80. The minimum Gasteiger partial charge on any atom is -0.422 e. The molecule has 1 aromatic carbocycles. The fourth-order valence-electron chi connectivity index (χ4n) is 1.46. The molecule has 0 spiro atoms. The van der Waals surface area contributed by atoms with Crippen molar-refractivity contribution < 1.29 is 14.5 Å². The molecule has 0 aliphatic carbocycles. The van der Waals surface area contributed by atoms with Crippen molar-refractivity contribution in [1.29, 1.82) is 0 Å². The summed E-state index contributed by atoms with van der Waals surface area (Å²) in [6.07, 6.45) is 1.44. The number of aryl methyl sites for hydroxylation is 1. The lowest BCUT2D eigenvalue weighted by Crippen LogP contribution is -2.00. The zero-order chi connectivity index (χ0) is 14.0. The predicted octanol–water partition coefficient (Wildman–Crippen LogP) is 1.72. The second kappa shape index (κ2) is 4.84. The van der Waals surface area contributed by atoms with Crippen LogP contribution in [0.3, 0.4) is 0 Å². The van der Waals surface area contributed by atoms with Crippen LogP contribution in [0.2, 0.25) is 0 Å². The van der Waals surface area contributed by atoms with E-state index in [4.69, 9.17) is 4.74 Å². The Balaban J connectivity index is 2.39. The van der Waals surface area contributed by atoms with Gasteiger partial charge in [-0.1, -0.05) is 0 Å². The minimum atomic E-state index is -0.574. The van der Waals surface area contributed by atoms with Gasteiger partial charge in [0, 0.05) is 19.2 Å². The predicted molar refractivity (Wildman–Crippen MR) is 64.2 cm³/mol. The first kappa shape index (κ1) is 12.7. The van der Waals surface area contributed by atoms with E-state index in [-0.39, 0.29) is 28.8 Å². The Hall–Kier alpha value is -2.77. The van der Waals surface area contributed by atoms with E-state index in [2.05, 4.69) is 10.1 Å². The Morgan fingerprint density at radius 1 is 1.47 bits per heavy atom. The molecule has 0 fully saturated rings. The summed E-state index contributed by atoms with van der Waals surface area (Å²) in [4.78, 5) is 25.4. The maximum Gasteiger partial charge on any atom is 0.341 e. The van der Waals surface area contributed by atoms with Gasteiger partial charge in [-0.2, -0.15) is 4.98 Å². The Morgan fingerprint density at radius 2 is 2.21 bits per heavy atom. The van der Waals surface area contributed by atoms with Crippen molar-refractivity contribution in [3.8, 4) is 11.8 Å². The van der Waals surface area contributed by atoms with E-state index in [1.54, 1.807) is 7.05 Å². The Kier molecular flexibility index (Phi) is 3.23. The summed E-state index contributed by atoms with van der Waals surface area (Å²) in [7, 11) is 1.67. The number of rotatable bonds is 4. The number of Topliss-reactive ketones (excluding diaryl/α,β-unsaturated/α-hetero) is 1. The number of hydrogen-bond acceptors (Lipinski definition) is 6. The van der Waals surface area contributed by atoms with E-state index in [0.717, 1.165) is 0 Å². The highest BCUT2D eigenvalue weighted by Gasteiger charge is 2.16. The average molecular weight is 262 g/mol. The molecule has 8 heteroatoms. The molecule has 0 saturated heterocycles. The van der Waals surface area contributed by atoms with Crippen molar-refractivity contribution in [1.82, 2.24) is 14.8 Å². The summed E-state index contributed by atoms with van der Waals surface area (Å²) in [6.45, 7) is 1.30. The Labute approximate surface area is 107 Å². The summed E-state index contributed by atoms with van der Waals surface area (Å²) >= 11 is 0. The van der Waals surface area contributed by atoms with Crippen molar-refractivity contribution in [2.75, 3.05) is 0 Å². The van der Waals surface area contributed by atoms with Crippen LogP contribution in [0.4, 0.5) is 5.69 Å². The van der Waals surface area contributed by atoms with Crippen molar-refractivity contribution >= 4 is 11.5 Å². The van der Waals surface area contributed by atoms with Gasteiger partial charge in [0.1, 0.15) is 12.1 Å². The highest BCUT2D eigenvalue weighted by molar-refractivity contribution is 5.97. The van der Waals surface area contributed by atoms with Crippen LogP contribution < -0.4 is 4.74 Å². The van der Waals surface area contributed by atoms with Gasteiger partial charge in [-0.15, -0.1) is 5.10 Å². The van der Waals surface area contributed by atoms with Gasteiger partial charge in [-0.05, 0) is 13.0 Å². The number of non-ortho nitro benzene ring substituents is 1. The molecule has 1 aromatic heterocycles. The minimum absolute atomic E-state index is 0.0684. The number of ketones is 1. The number of nitro groups is 1. The molecule has 0 amide bonds. The van der Waals surface area contributed by atoms with Crippen LogP contribution in [0.15, 0.2) is 24.5 Å². The summed E-state index contributed by atoms with van der Waals surface area (Å²) in [5.41, 5.74) is -0.0619. The van der Waals surface area contributed by atoms with Crippen LogP contribution in [-0.2, 0) is 7.05 Å². The number of carbonyl (C=O) groups is 1. The van der Waals surface area contributed by atoms with Gasteiger partial charge in [0.05, 0.1) is 10.5 Å². The summed E-state index contributed by atoms with van der Waals surface area (Å²) in [5, 5.41) is 14.6. The third-order valence-corrected chi connectivity index (χ3v) is 2.33. The molecule has 0 saturated carbocycles. The van der Waals surface area contributed by atoms with Crippen molar-refractivity contribution in [2.45, 2.75) is 6.92 Å². The molecule has 0 aliphatic rings. The zero-order valence-electron chi connectivity index (χ0n) is 10.2. The molecule has 0 N–H and O–H groups in total. The van der Waals surface area contributed by atoms with Crippen molar-refractivity contribution in [3.05, 3.63) is 40.2 Å². The molecule has 2 rings (SSSR count). The number of carbonyl (C=O) groups excluding carboxylic acids is 1. The molecule has 8 nitrogen and oxygen atoms in total. The van der Waals surface area contributed by atoms with Crippen LogP contribution >= 0.6 is 0 Å². The molecule has 0 aliphatic heterocycles. The average Bonchev–Trinajstić information content (AvgIpc) is 2.74. The molecule has 0 radical (unpaired) electrons. The van der Waals surface area contributed by atoms with Gasteiger partial charge in [0.2, 0.25) is 0 Å². The molecule has 98 valence electrons. The lowest BCUT2D eigenvalue weighted by Gasteiger charge is -2.05. The van der Waals surface area contributed by atoms with E-state index in [0.29, 0.717) is 0 Å². The fourth-order valence-corrected chi connectivity index (χ4v) is 1.46. The van der Waals surface area contributed by atoms with Gasteiger partial charge in [0.15, 0.2) is 5.78 Å². The van der Waals surface area contributed by atoms with E-state index in [1.807, 2.05) is 0 Å². The molecule has 0 bridgehead atoms. The monoisotopic (exact) mass is 262 g/mol. The molecule has 2 aromatic rings. The molecule has 0 atom stereocenters. The van der Waals surface area contributed by atoms with E-state index < -0.39 is 4.92 Å². The molecule has 0 unspecified atom stereocenters. The van der Waals surface area contributed by atoms with Gasteiger partial charge in [0.25, 0.3) is 5.69 Å². The zero-order valence-corrected chi connectivity index (χ0v) is 10.2. The van der Waals surface area contributed by atoms with E-state index in [9.17, 15) is 14.9 Å². The largest absolute Gasteiger partial charge is 0.422 e. The number of nitro benzene ring substituents is 1. The lowest BCUT2D eigenvalue weighted by molar-refractivity contribution is -0.384. The number of hydrogen-bond donors (Lipinski definition) is 0. The highest BCUT2D eigenvalue weighted by Crippen LogP contribution is 2.27. The molecule has 1 heterocycles. The maximum absolute atomic E-state index is 11.5. The van der Waals surface area contributed by atoms with Crippen LogP contribution in [0.1, 0.15) is 17.3 Å². The van der Waals surface area contributed by atoms with Crippen molar-refractivity contribution in [2.24, 2.45) is 7.05 Å². The standard InChI is InChI=1S/C11H10N4O4/c1-7(16)9-5-8(15(17)18)3-4-10(9)19-11-12-6-14(2)13-11/h3-6H,1-2H3. The summed E-state index contributed by atoms with van der Waals surface area (Å²) in [5.74, 6) is -0.154. The summed E-state index contributed by atoms with van der Waals surface area (Å²) in [6, 6.07) is 3.84.